The highest BCUT2D eigenvalue weighted by Crippen LogP contribution is 2.33. The van der Waals surface area contributed by atoms with Gasteiger partial charge in [0.2, 0.25) is 11.7 Å². The van der Waals surface area contributed by atoms with Gasteiger partial charge in [0, 0.05) is 11.5 Å². The first-order chi connectivity index (χ1) is 13.8. The fourth-order valence-electron chi connectivity index (χ4n) is 3.86. The molecule has 1 aliphatic heterocycles. The van der Waals surface area contributed by atoms with Gasteiger partial charge in [0.15, 0.2) is 11.5 Å². The molecule has 3 heterocycles. The summed E-state index contributed by atoms with van der Waals surface area (Å²) in [5.74, 6) is 2.53. The molecule has 1 unspecified atom stereocenters. The first-order valence-corrected chi connectivity index (χ1v) is 9.76. The number of para-hydroxylation sites is 2. The molecule has 0 spiro atoms. The standard InChI is InChI=1S/C22H22N4O2/c1-15(21-24-20(25-28-21)16-7-3-2-4-8-16)26-13-11-17(12-14-26)22-23-18-9-5-6-10-19(18)27-22/h2-10,15,17H,11-14H2,1H3. The predicted octanol–water partition coefficient (Wildman–Crippen LogP) is 4.82. The second-order valence-electron chi connectivity index (χ2n) is 7.33. The lowest BCUT2D eigenvalue weighted by Crippen LogP contribution is -2.35. The van der Waals surface area contributed by atoms with E-state index in [2.05, 4.69) is 26.9 Å². The second-order valence-corrected chi connectivity index (χ2v) is 7.33. The van der Waals surface area contributed by atoms with Crippen LogP contribution in [0.4, 0.5) is 0 Å². The zero-order valence-corrected chi connectivity index (χ0v) is 15.8. The SMILES string of the molecule is CC(c1nc(-c2ccccc2)no1)N1CCC(c2nc3ccccc3o2)CC1. The molecule has 1 atom stereocenters. The van der Waals surface area contributed by atoms with Gasteiger partial charge in [0.25, 0.3) is 0 Å². The summed E-state index contributed by atoms with van der Waals surface area (Å²) in [7, 11) is 0. The average molecular weight is 374 g/mol. The van der Waals surface area contributed by atoms with Gasteiger partial charge in [-0.15, -0.1) is 0 Å². The molecule has 1 fully saturated rings. The van der Waals surface area contributed by atoms with Gasteiger partial charge in [-0.3, -0.25) is 4.90 Å². The Balaban J connectivity index is 1.26. The molecular weight excluding hydrogens is 352 g/mol. The zero-order chi connectivity index (χ0) is 18.9. The van der Waals surface area contributed by atoms with E-state index in [9.17, 15) is 0 Å². The highest BCUT2D eigenvalue weighted by atomic mass is 16.5. The molecule has 142 valence electrons. The molecule has 0 aliphatic carbocycles. The lowest BCUT2D eigenvalue weighted by Gasteiger charge is -2.33. The molecule has 28 heavy (non-hydrogen) atoms. The van der Waals surface area contributed by atoms with Crippen molar-refractivity contribution in [3.63, 3.8) is 0 Å². The highest BCUT2D eigenvalue weighted by molar-refractivity contribution is 5.72. The Hall–Kier alpha value is -2.99. The summed E-state index contributed by atoms with van der Waals surface area (Å²) in [6, 6.07) is 18.0. The zero-order valence-electron chi connectivity index (χ0n) is 15.8. The van der Waals surface area contributed by atoms with E-state index in [1.165, 1.54) is 0 Å². The minimum atomic E-state index is 0.0922. The number of benzene rings is 2. The molecule has 1 aliphatic rings. The Morgan fingerprint density at radius 1 is 0.964 bits per heavy atom. The van der Waals surface area contributed by atoms with Gasteiger partial charge >= 0.3 is 0 Å². The summed E-state index contributed by atoms with van der Waals surface area (Å²) in [6.07, 6.45) is 2.02. The third-order valence-corrected chi connectivity index (χ3v) is 5.57. The van der Waals surface area contributed by atoms with Gasteiger partial charge in [0.1, 0.15) is 5.52 Å². The van der Waals surface area contributed by atoms with Crippen molar-refractivity contribution in [2.24, 2.45) is 0 Å². The van der Waals surface area contributed by atoms with Crippen LogP contribution >= 0.6 is 0 Å². The van der Waals surface area contributed by atoms with Crippen molar-refractivity contribution in [1.29, 1.82) is 0 Å². The molecule has 6 heteroatoms. The van der Waals surface area contributed by atoms with E-state index in [4.69, 9.17) is 8.94 Å². The molecule has 4 aromatic rings. The molecular formula is C22H22N4O2. The van der Waals surface area contributed by atoms with E-state index in [0.717, 1.165) is 48.5 Å². The fraction of sp³-hybridized carbons (Fsp3) is 0.318. The number of piperidine rings is 1. The molecule has 0 N–H and O–H groups in total. The maximum Gasteiger partial charge on any atom is 0.244 e. The van der Waals surface area contributed by atoms with Crippen LogP contribution in [-0.2, 0) is 0 Å². The Bertz CT molecular complexity index is 1030. The van der Waals surface area contributed by atoms with Crippen molar-refractivity contribution in [1.82, 2.24) is 20.0 Å². The van der Waals surface area contributed by atoms with Crippen LogP contribution in [-0.4, -0.2) is 33.1 Å². The monoisotopic (exact) mass is 374 g/mol. The molecule has 0 amide bonds. The minimum absolute atomic E-state index is 0.0922. The van der Waals surface area contributed by atoms with Gasteiger partial charge in [0.05, 0.1) is 6.04 Å². The van der Waals surface area contributed by atoms with E-state index in [1.807, 2.05) is 54.6 Å². The van der Waals surface area contributed by atoms with Gasteiger partial charge in [-0.2, -0.15) is 4.98 Å². The number of nitrogens with zero attached hydrogens (tertiary/aromatic N) is 4. The molecule has 5 rings (SSSR count). The summed E-state index contributed by atoms with van der Waals surface area (Å²) in [5.41, 5.74) is 2.78. The van der Waals surface area contributed by atoms with Gasteiger partial charge in [-0.25, -0.2) is 4.98 Å². The second kappa shape index (κ2) is 7.20. The average Bonchev–Trinajstić information content (AvgIpc) is 3.41. The van der Waals surface area contributed by atoms with Crippen molar-refractivity contribution in [3.8, 4) is 11.4 Å². The molecule has 1 saturated heterocycles. The maximum atomic E-state index is 5.97. The number of rotatable bonds is 4. The molecule has 0 bridgehead atoms. The van der Waals surface area contributed by atoms with Gasteiger partial charge in [-0.05, 0) is 45.0 Å². The number of hydrogen-bond acceptors (Lipinski definition) is 6. The van der Waals surface area contributed by atoms with Crippen LogP contribution in [0.15, 0.2) is 63.5 Å². The summed E-state index contributed by atoms with van der Waals surface area (Å²) in [5, 5.41) is 4.15. The van der Waals surface area contributed by atoms with Crippen molar-refractivity contribution >= 4 is 11.1 Å². The molecule has 2 aromatic heterocycles. The van der Waals surface area contributed by atoms with Gasteiger partial charge in [-0.1, -0.05) is 47.6 Å². The van der Waals surface area contributed by atoms with E-state index in [1.54, 1.807) is 0 Å². The normalized spacial score (nSPS) is 17.2. The van der Waals surface area contributed by atoms with Gasteiger partial charge < -0.3 is 8.94 Å². The molecule has 0 saturated carbocycles. The molecule has 2 aromatic carbocycles. The molecule has 0 radical (unpaired) electrons. The van der Waals surface area contributed by atoms with Crippen molar-refractivity contribution in [2.75, 3.05) is 13.1 Å². The number of aromatic nitrogens is 3. The quantitative estimate of drug-likeness (QED) is 0.510. The van der Waals surface area contributed by atoms with Crippen LogP contribution in [0.1, 0.15) is 43.5 Å². The Labute approximate surface area is 163 Å². The van der Waals surface area contributed by atoms with Crippen LogP contribution < -0.4 is 0 Å². The summed E-state index contributed by atoms with van der Waals surface area (Å²) >= 11 is 0. The number of oxazole rings is 1. The van der Waals surface area contributed by atoms with Crippen LogP contribution in [0.3, 0.4) is 0 Å². The van der Waals surface area contributed by atoms with Crippen molar-refractivity contribution in [2.45, 2.75) is 31.7 Å². The summed E-state index contributed by atoms with van der Waals surface area (Å²) < 4.78 is 11.5. The third-order valence-electron chi connectivity index (χ3n) is 5.57. The van der Waals surface area contributed by atoms with E-state index in [0.29, 0.717) is 17.6 Å². The number of hydrogen-bond donors (Lipinski definition) is 0. The van der Waals surface area contributed by atoms with Crippen LogP contribution in [0.25, 0.3) is 22.5 Å². The largest absolute Gasteiger partial charge is 0.440 e. The van der Waals surface area contributed by atoms with E-state index < -0.39 is 0 Å². The van der Waals surface area contributed by atoms with Crippen LogP contribution in [0.5, 0.6) is 0 Å². The Morgan fingerprint density at radius 2 is 1.71 bits per heavy atom. The summed E-state index contributed by atoms with van der Waals surface area (Å²) in [4.78, 5) is 11.7. The number of fused-ring (bicyclic) bond motifs is 1. The number of likely N-dealkylation sites (tertiary alicyclic amines) is 1. The Kier molecular flexibility index (Phi) is 4.41. The lowest BCUT2D eigenvalue weighted by molar-refractivity contribution is 0.131. The third kappa shape index (κ3) is 3.20. The van der Waals surface area contributed by atoms with Crippen molar-refractivity contribution < 1.29 is 8.94 Å². The maximum absolute atomic E-state index is 5.97. The van der Waals surface area contributed by atoms with E-state index >= 15 is 0 Å². The van der Waals surface area contributed by atoms with E-state index in [-0.39, 0.29) is 6.04 Å². The summed E-state index contributed by atoms with van der Waals surface area (Å²) in [6.45, 7) is 4.03. The van der Waals surface area contributed by atoms with Crippen LogP contribution in [0, 0.1) is 0 Å². The lowest BCUT2D eigenvalue weighted by atomic mass is 9.96. The first-order valence-electron chi connectivity index (χ1n) is 9.76. The minimum Gasteiger partial charge on any atom is -0.440 e. The highest BCUT2D eigenvalue weighted by Gasteiger charge is 2.29. The Morgan fingerprint density at radius 3 is 2.50 bits per heavy atom. The molecule has 6 nitrogen and oxygen atoms in total. The fourth-order valence-corrected chi connectivity index (χ4v) is 3.86. The topological polar surface area (TPSA) is 68.2 Å². The predicted molar refractivity (Wildman–Crippen MR) is 106 cm³/mol. The first kappa shape index (κ1) is 17.1. The van der Waals surface area contributed by atoms with Crippen molar-refractivity contribution in [3.05, 3.63) is 66.4 Å². The van der Waals surface area contributed by atoms with Crippen LogP contribution in [0.2, 0.25) is 0 Å². The smallest absolute Gasteiger partial charge is 0.244 e.